The van der Waals surface area contributed by atoms with Crippen LogP contribution in [-0.4, -0.2) is 28.3 Å². The zero-order valence-electron chi connectivity index (χ0n) is 15.6. The summed E-state index contributed by atoms with van der Waals surface area (Å²) in [5.74, 6) is 1.25. The second kappa shape index (κ2) is 8.94. The van der Waals surface area contributed by atoms with E-state index in [1.54, 1.807) is 37.3 Å². The van der Waals surface area contributed by atoms with Crippen LogP contribution in [-0.2, 0) is 4.79 Å². The number of hydrogen-bond donors (Lipinski definition) is 3. The lowest BCUT2D eigenvalue weighted by atomic mass is 10.1. The van der Waals surface area contributed by atoms with Crippen LogP contribution in [0, 0.1) is 12.8 Å². The van der Waals surface area contributed by atoms with Gasteiger partial charge >= 0.3 is 0 Å². The van der Waals surface area contributed by atoms with Crippen molar-refractivity contribution < 1.29 is 9.59 Å². The lowest BCUT2D eigenvalue weighted by Crippen LogP contribution is -2.16. The first-order chi connectivity index (χ1) is 12.3. The number of nitrogens with zero attached hydrogens (tertiary/aromatic N) is 2. The van der Waals surface area contributed by atoms with Crippen molar-refractivity contribution in [2.24, 2.45) is 5.92 Å². The molecule has 1 heterocycles. The fourth-order valence-corrected chi connectivity index (χ4v) is 2.34. The third-order valence-corrected chi connectivity index (χ3v) is 3.54. The predicted octanol–water partition coefficient (Wildman–Crippen LogP) is 3.45. The Morgan fingerprint density at radius 1 is 1.08 bits per heavy atom. The van der Waals surface area contributed by atoms with Crippen LogP contribution >= 0.6 is 0 Å². The molecule has 138 valence electrons. The monoisotopic (exact) mass is 355 g/mol. The minimum Gasteiger partial charge on any atom is -0.370 e. The molecule has 26 heavy (non-hydrogen) atoms. The van der Waals surface area contributed by atoms with E-state index in [2.05, 4.69) is 39.8 Å². The first-order valence-electron chi connectivity index (χ1n) is 8.62. The molecule has 0 bridgehead atoms. The summed E-state index contributed by atoms with van der Waals surface area (Å²) < 4.78 is 0. The third-order valence-electron chi connectivity index (χ3n) is 3.54. The highest BCUT2D eigenvalue weighted by atomic mass is 16.2. The van der Waals surface area contributed by atoms with Crippen LogP contribution in [0.5, 0.6) is 0 Å². The van der Waals surface area contributed by atoms with Crippen molar-refractivity contribution in [3.8, 4) is 0 Å². The van der Waals surface area contributed by atoms with E-state index >= 15 is 0 Å². The number of anilines is 3. The maximum Gasteiger partial charge on any atom is 0.274 e. The van der Waals surface area contributed by atoms with Crippen LogP contribution < -0.4 is 16.0 Å². The van der Waals surface area contributed by atoms with Crippen LogP contribution in [0.25, 0.3) is 0 Å². The van der Waals surface area contributed by atoms with Gasteiger partial charge in [-0.1, -0.05) is 19.9 Å². The smallest absolute Gasteiger partial charge is 0.274 e. The Morgan fingerprint density at radius 2 is 1.77 bits per heavy atom. The SMILES string of the molecule is CC(=O)Nc1cccc(NC(=O)c2cc(NCCC(C)C)nc(C)n2)c1. The molecule has 1 aromatic heterocycles. The second-order valence-corrected chi connectivity index (χ2v) is 6.51. The molecule has 7 nitrogen and oxygen atoms in total. The summed E-state index contributed by atoms with van der Waals surface area (Å²) >= 11 is 0. The summed E-state index contributed by atoms with van der Waals surface area (Å²) in [7, 11) is 0. The molecule has 0 saturated heterocycles. The second-order valence-electron chi connectivity index (χ2n) is 6.51. The number of hydrogen-bond acceptors (Lipinski definition) is 5. The first kappa shape index (κ1) is 19.4. The van der Waals surface area contributed by atoms with Gasteiger partial charge < -0.3 is 16.0 Å². The first-order valence-corrected chi connectivity index (χ1v) is 8.62. The number of carbonyl (C=O) groups is 2. The van der Waals surface area contributed by atoms with Gasteiger partial charge in [0.15, 0.2) is 0 Å². The summed E-state index contributed by atoms with van der Waals surface area (Å²) in [6.45, 7) is 8.28. The molecule has 0 radical (unpaired) electrons. The summed E-state index contributed by atoms with van der Waals surface area (Å²) in [5, 5.41) is 8.70. The van der Waals surface area contributed by atoms with Crippen molar-refractivity contribution in [2.75, 3.05) is 22.5 Å². The van der Waals surface area contributed by atoms with Gasteiger partial charge in [0, 0.05) is 30.9 Å². The van der Waals surface area contributed by atoms with Gasteiger partial charge in [-0.3, -0.25) is 9.59 Å². The summed E-state index contributed by atoms with van der Waals surface area (Å²) in [6, 6.07) is 8.59. The third kappa shape index (κ3) is 6.16. The topological polar surface area (TPSA) is 96.0 Å². The molecular formula is C19H25N5O2. The van der Waals surface area contributed by atoms with Gasteiger partial charge in [0.25, 0.3) is 5.91 Å². The Morgan fingerprint density at radius 3 is 2.42 bits per heavy atom. The van der Waals surface area contributed by atoms with E-state index in [4.69, 9.17) is 0 Å². The van der Waals surface area contributed by atoms with Crippen LogP contribution in [0.2, 0.25) is 0 Å². The standard InChI is InChI=1S/C19H25N5O2/c1-12(2)8-9-20-18-11-17(21-13(3)22-18)19(26)24-16-7-5-6-15(10-16)23-14(4)25/h5-7,10-12H,8-9H2,1-4H3,(H,23,25)(H,24,26)(H,20,21,22). The Kier molecular flexibility index (Phi) is 6.66. The highest BCUT2D eigenvalue weighted by molar-refractivity contribution is 6.03. The highest BCUT2D eigenvalue weighted by Crippen LogP contribution is 2.16. The van der Waals surface area contributed by atoms with E-state index in [1.807, 2.05) is 0 Å². The number of nitrogens with one attached hydrogen (secondary N) is 3. The van der Waals surface area contributed by atoms with Crippen molar-refractivity contribution in [1.82, 2.24) is 9.97 Å². The predicted molar refractivity (Wildman–Crippen MR) is 103 cm³/mol. The quantitative estimate of drug-likeness (QED) is 0.707. The van der Waals surface area contributed by atoms with E-state index < -0.39 is 0 Å². The molecule has 2 rings (SSSR count). The lowest BCUT2D eigenvalue weighted by Gasteiger charge is -2.11. The van der Waals surface area contributed by atoms with Crippen molar-refractivity contribution in [3.05, 3.63) is 41.9 Å². The molecule has 7 heteroatoms. The van der Waals surface area contributed by atoms with Gasteiger partial charge in [0.1, 0.15) is 17.3 Å². The van der Waals surface area contributed by atoms with E-state index in [9.17, 15) is 9.59 Å². The van der Waals surface area contributed by atoms with Crippen molar-refractivity contribution in [2.45, 2.75) is 34.1 Å². The minimum atomic E-state index is -0.331. The molecule has 0 unspecified atom stereocenters. The maximum absolute atomic E-state index is 12.5. The van der Waals surface area contributed by atoms with E-state index in [0.29, 0.717) is 28.9 Å². The summed E-state index contributed by atoms with van der Waals surface area (Å²) in [5.41, 5.74) is 1.48. The zero-order valence-corrected chi connectivity index (χ0v) is 15.6. The van der Waals surface area contributed by atoms with Gasteiger partial charge in [0.2, 0.25) is 5.91 Å². The number of aromatic nitrogens is 2. The molecule has 2 aromatic rings. The summed E-state index contributed by atoms with van der Waals surface area (Å²) in [4.78, 5) is 32.2. The highest BCUT2D eigenvalue weighted by Gasteiger charge is 2.11. The molecule has 3 N–H and O–H groups in total. The van der Waals surface area contributed by atoms with E-state index in [0.717, 1.165) is 13.0 Å². The number of carbonyl (C=O) groups excluding carboxylic acids is 2. The van der Waals surface area contributed by atoms with Gasteiger partial charge in [-0.15, -0.1) is 0 Å². The van der Waals surface area contributed by atoms with Gasteiger partial charge in [-0.25, -0.2) is 9.97 Å². The molecule has 0 aliphatic rings. The lowest BCUT2D eigenvalue weighted by molar-refractivity contribution is -0.114. The zero-order chi connectivity index (χ0) is 19.1. The number of amides is 2. The van der Waals surface area contributed by atoms with E-state index in [-0.39, 0.29) is 17.5 Å². The van der Waals surface area contributed by atoms with Crippen LogP contribution in [0.4, 0.5) is 17.2 Å². The average molecular weight is 355 g/mol. The molecule has 0 fully saturated rings. The van der Waals surface area contributed by atoms with Crippen LogP contribution in [0.15, 0.2) is 30.3 Å². The van der Waals surface area contributed by atoms with Gasteiger partial charge in [-0.05, 0) is 37.5 Å². The maximum atomic E-state index is 12.5. The Bertz CT molecular complexity index is 789. The van der Waals surface area contributed by atoms with Crippen molar-refractivity contribution >= 4 is 29.0 Å². The molecule has 0 atom stereocenters. The van der Waals surface area contributed by atoms with E-state index in [1.165, 1.54) is 6.92 Å². The number of benzene rings is 1. The fourth-order valence-electron chi connectivity index (χ4n) is 2.34. The molecule has 0 aliphatic carbocycles. The van der Waals surface area contributed by atoms with Crippen molar-refractivity contribution in [3.63, 3.8) is 0 Å². The molecule has 0 saturated carbocycles. The number of aryl methyl sites for hydroxylation is 1. The largest absolute Gasteiger partial charge is 0.370 e. The van der Waals surface area contributed by atoms with Crippen LogP contribution in [0.3, 0.4) is 0 Å². The molecule has 0 spiro atoms. The molecule has 1 aromatic carbocycles. The van der Waals surface area contributed by atoms with Crippen LogP contribution in [0.1, 0.15) is 43.5 Å². The van der Waals surface area contributed by atoms with Gasteiger partial charge in [-0.2, -0.15) is 0 Å². The van der Waals surface area contributed by atoms with Gasteiger partial charge in [0.05, 0.1) is 0 Å². The average Bonchev–Trinajstić information content (AvgIpc) is 2.53. The van der Waals surface area contributed by atoms with Crippen molar-refractivity contribution in [1.29, 1.82) is 0 Å². The summed E-state index contributed by atoms with van der Waals surface area (Å²) in [6.07, 6.45) is 1.01. The fraction of sp³-hybridized carbons (Fsp3) is 0.368. The Labute approximate surface area is 153 Å². The molecule has 0 aliphatic heterocycles. The number of rotatable bonds is 7. The Balaban J connectivity index is 2.09. The normalized spacial score (nSPS) is 10.5. The molecule has 2 amide bonds. The molecular weight excluding hydrogens is 330 g/mol. The minimum absolute atomic E-state index is 0.169. The Hall–Kier alpha value is -2.96.